The van der Waals surface area contributed by atoms with Crippen LogP contribution >= 0.6 is 0 Å². The quantitative estimate of drug-likeness (QED) is 0.757. The summed E-state index contributed by atoms with van der Waals surface area (Å²) in [5.41, 5.74) is 3.37. The molecular formula is C18H26N2O4. The monoisotopic (exact) mass is 334 g/mol. The molecule has 1 rings (SSSR count). The zero-order chi connectivity index (χ0) is 18.3. The molecule has 2 N–H and O–H groups in total. The van der Waals surface area contributed by atoms with E-state index < -0.39 is 12.0 Å². The number of carbonyl (C=O) groups excluding carboxylic acids is 2. The fourth-order valence-electron chi connectivity index (χ4n) is 2.53. The second-order valence-corrected chi connectivity index (χ2v) is 6.01. The van der Waals surface area contributed by atoms with Crippen molar-refractivity contribution >= 4 is 17.8 Å². The molecule has 0 saturated heterocycles. The third kappa shape index (κ3) is 6.02. The molecule has 0 radical (unpaired) electrons. The Balaban J connectivity index is 2.72. The molecule has 0 aromatic heterocycles. The van der Waals surface area contributed by atoms with Crippen LogP contribution in [0, 0.1) is 13.8 Å². The average molecular weight is 334 g/mol. The maximum absolute atomic E-state index is 12.5. The highest BCUT2D eigenvalue weighted by atomic mass is 16.4. The van der Waals surface area contributed by atoms with Gasteiger partial charge in [0.1, 0.15) is 6.04 Å². The van der Waals surface area contributed by atoms with Gasteiger partial charge in [-0.3, -0.25) is 9.59 Å². The van der Waals surface area contributed by atoms with Gasteiger partial charge < -0.3 is 15.3 Å². The van der Waals surface area contributed by atoms with Crippen molar-refractivity contribution in [3.63, 3.8) is 0 Å². The second kappa shape index (κ2) is 9.05. The predicted octanol–water partition coefficient (Wildman–Crippen LogP) is 1.67. The Bertz CT molecular complexity index is 613. The van der Waals surface area contributed by atoms with E-state index in [2.05, 4.69) is 11.4 Å². The number of hydrogen-bond donors (Lipinski definition) is 2. The van der Waals surface area contributed by atoms with Crippen molar-refractivity contribution in [2.24, 2.45) is 0 Å². The van der Waals surface area contributed by atoms with E-state index in [4.69, 9.17) is 0 Å². The first-order valence-electron chi connectivity index (χ1n) is 8.05. The summed E-state index contributed by atoms with van der Waals surface area (Å²) in [5.74, 6) is -1.49. The first kappa shape index (κ1) is 19.7. The number of nitrogens with one attached hydrogen (secondary N) is 1. The molecule has 0 spiro atoms. The maximum Gasteiger partial charge on any atom is 0.326 e. The number of aliphatic carboxylic acids is 1. The highest BCUT2D eigenvalue weighted by molar-refractivity contribution is 5.83. The number of carbonyl (C=O) groups is 3. The van der Waals surface area contributed by atoms with Crippen LogP contribution in [0.4, 0.5) is 0 Å². The van der Waals surface area contributed by atoms with Crippen molar-refractivity contribution in [1.82, 2.24) is 10.2 Å². The summed E-state index contributed by atoms with van der Waals surface area (Å²) < 4.78 is 0. The normalized spacial score (nSPS) is 11.7. The molecule has 132 valence electrons. The van der Waals surface area contributed by atoms with Gasteiger partial charge in [0, 0.05) is 26.4 Å². The predicted molar refractivity (Wildman–Crippen MR) is 91.7 cm³/mol. The average Bonchev–Trinajstić information content (AvgIpc) is 2.49. The maximum atomic E-state index is 12.5. The fraction of sp³-hybridized carbons (Fsp3) is 0.500. The van der Waals surface area contributed by atoms with Gasteiger partial charge in [0.05, 0.1) is 0 Å². The highest BCUT2D eigenvalue weighted by Crippen LogP contribution is 2.14. The molecule has 1 aromatic rings. The van der Waals surface area contributed by atoms with Crippen molar-refractivity contribution in [1.29, 1.82) is 0 Å². The summed E-state index contributed by atoms with van der Waals surface area (Å²) in [7, 11) is 0. The molecule has 1 atom stereocenters. The topological polar surface area (TPSA) is 86.7 Å². The number of nitrogens with zero attached hydrogens (tertiary/aromatic N) is 1. The molecule has 1 unspecified atom stereocenters. The van der Waals surface area contributed by atoms with E-state index in [1.165, 1.54) is 24.3 Å². The first-order valence-corrected chi connectivity index (χ1v) is 8.05. The largest absolute Gasteiger partial charge is 0.480 e. The van der Waals surface area contributed by atoms with E-state index in [-0.39, 0.29) is 31.3 Å². The van der Waals surface area contributed by atoms with E-state index in [0.717, 1.165) is 11.1 Å². The molecule has 1 aromatic carbocycles. The lowest BCUT2D eigenvalue weighted by Crippen LogP contribution is -2.46. The van der Waals surface area contributed by atoms with Gasteiger partial charge in [-0.2, -0.15) is 0 Å². The minimum absolute atomic E-state index is 0.179. The van der Waals surface area contributed by atoms with E-state index in [1.54, 1.807) is 0 Å². The van der Waals surface area contributed by atoms with Gasteiger partial charge in [-0.15, -0.1) is 0 Å². The van der Waals surface area contributed by atoms with Gasteiger partial charge in [0.2, 0.25) is 11.8 Å². The SMILES string of the molecule is CC(=O)NCCN(C(=O)CCc1ccc(C)cc1C)C(C)C(=O)O. The van der Waals surface area contributed by atoms with Crippen LogP contribution in [0.25, 0.3) is 0 Å². The Morgan fingerprint density at radius 2 is 1.92 bits per heavy atom. The van der Waals surface area contributed by atoms with Gasteiger partial charge in [-0.1, -0.05) is 23.8 Å². The van der Waals surface area contributed by atoms with Crippen molar-refractivity contribution in [3.8, 4) is 0 Å². The third-order valence-corrected chi connectivity index (χ3v) is 3.98. The smallest absolute Gasteiger partial charge is 0.326 e. The molecule has 0 heterocycles. The minimum atomic E-state index is -1.06. The van der Waals surface area contributed by atoms with Crippen molar-refractivity contribution in [3.05, 3.63) is 34.9 Å². The number of amides is 2. The molecule has 24 heavy (non-hydrogen) atoms. The lowest BCUT2D eigenvalue weighted by molar-refractivity contribution is -0.149. The Labute approximate surface area is 142 Å². The summed E-state index contributed by atoms with van der Waals surface area (Å²) in [6, 6.07) is 5.14. The molecule has 0 aliphatic carbocycles. The molecule has 0 bridgehead atoms. The third-order valence-electron chi connectivity index (χ3n) is 3.98. The zero-order valence-corrected chi connectivity index (χ0v) is 14.8. The number of hydrogen-bond acceptors (Lipinski definition) is 3. The second-order valence-electron chi connectivity index (χ2n) is 6.01. The van der Waals surface area contributed by atoms with Gasteiger partial charge in [-0.25, -0.2) is 4.79 Å². The Kier molecular flexibility index (Phi) is 7.42. The Hall–Kier alpha value is -2.37. The van der Waals surface area contributed by atoms with Gasteiger partial charge in [-0.05, 0) is 38.3 Å². The summed E-state index contributed by atoms with van der Waals surface area (Å²) in [5, 5.41) is 11.8. The number of carboxylic acids is 1. The van der Waals surface area contributed by atoms with Crippen LogP contribution in [0.2, 0.25) is 0 Å². The standard InChI is InChI=1S/C18H26N2O4/c1-12-5-6-16(13(2)11-12)7-8-17(22)20(14(3)18(23)24)10-9-19-15(4)21/h5-6,11,14H,7-10H2,1-4H3,(H,19,21)(H,23,24). The number of benzene rings is 1. The Morgan fingerprint density at radius 1 is 1.25 bits per heavy atom. The molecule has 0 fully saturated rings. The zero-order valence-electron chi connectivity index (χ0n) is 14.8. The lowest BCUT2D eigenvalue weighted by Gasteiger charge is -2.26. The van der Waals surface area contributed by atoms with Crippen LogP contribution in [0.5, 0.6) is 0 Å². The van der Waals surface area contributed by atoms with Crippen LogP contribution in [0.3, 0.4) is 0 Å². The van der Waals surface area contributed by atoms with Crippen molar-refractivity contribution < 1.29 is 19.5 Å². The number of rotatable bonds is 8. The molecule has 0 saturated carbocycles. The van der Waals surface area contributed by atoms with Gasteiger partial charge >= 0.3 is 5.97 Å². The molecular weight excluding hydrogens is 308 g/mol. The molecule has 0 aliphatic heterocycles. The molecule has 0 aliphatic rings. The first-order chi connectivity index (χ1) is 11.2. The van der Waals surface area contributed by atoms with Crippen LogP contribution in [0.15, 0.2) is 18.2 Å². The van der Waals surface area contributed by atoms with Crippen molar-refractivity contribution in [2.75, 3.05) is 13.1 Å². The van der Waals surface area contributed by atoms with Gasteiger partial charge in [0.25, 0.3) is 0 Å². The number of carboxylic acid groups (broad SMARTS) is 1. The van der Waals surface area contributed by atoms with Crippen LogP contribution in [0.1, 0.15) is 37.0 Å². The van der Waals surface area contributed by atoms with Crippen LogP contribution in [-0.2, 0) is 20.8 Å². The Morgan fingerprint density at radius 3 is 2.46 bits per heavy atom. The van der Waals surface area contributed by atoms with E-state index in [9.17, 15) is 19.5 Å². The molecule has 2 amide bonds. The lowest BCUT2D eigenvalue weighted by atomic mass is 10.0. The highest BCUT2D eigenvalue weighted by Gasteiger charge is 2.25. The van der Waals surface area contributed by atoms with Crippen LogP contribution in [-0.4, -0.2) is 46.9 Å². The van der Waals surface area contributed by atoms with E-state index >= 15 is 0 Å². The van der Waals surface area contributed by atoms with Crippen molar-refractivity contribution in [2.45, 2.75) is 46.6 Å². The minimum Gasteiger partial charge on any atom is -0.480 e. The van der Waals surface area contributed by atoms with Crippen LogP contribution < -0.4 is 5.32 Å². The molecule has 6 heteroatoms. The summed E-state index contributed by atoms with van der Waals surface area (Å²) in [6.07, 6.45) is 0.801. The summed E-state index contributed by atoms with van der Waals surface area (Å²) >= 11 is 0. The molecule has 6 nitrogen and oxygen atoms in total. The summed E-state index contributed by atoms with van der Waals surface area (Å²) in [6.45, 7) is 7.29. The van der Waals surface area contributed by atoms with E-state index in [1.807, 2.05) is 26.0 Å². The number of aryl methyl sites for hydroxylation is 3. The van der Waals surface area contributed by atoms with Gasteiger partial charge in [0.15, 0.2) is 0 Å². The fourth-order valence-corrected chi connectivity index (χ4v) is 2.53. The summed E-state index contributed by atoms with van der Waals surface area (Å²) in [4.78, 5) is 35.9. The van der Waals surface area contributed by atoms with E-state index in [0.29, 0.717) is 6.42 Å².